The summed E-state index contributed by atoms with van der Waals surface area (Å²) >= 11 is 1.64. The Morgan fingerprint density at radius 3 is 2.72 bits per heavy atom. The highest BCUT2D eigenvalue weighted by atomic mass is 32.1. The van der Waals surface area contributed by atoms with Crippen molar-refractivity contribution in [3.05, 3.63) is 51.2 Å². The third-order valence-corrected chi connectivity index (χ3v) is 4.53. The third kappa shape index (κ3) is 5.79. The number of benzene rings is 1. The highest BCUT2D eigenvalue weighted by Gasteiger charge is 2.07. The number of ether oxygens (including phenoxy) is 1. The maximum atomic E-state index is 13.6. The largest absolute Gasteiger partial charge is 0.380 e. The Labute approximate surface area is 152 Å². The maximum absolute atomic E-state index is 13.6. The number of nitrogens with one attached hydrogen (secondary N) is 2. The summed E-state index contributed by atoms with van der Waals surface area (Å²) in [4.78, 5) is 8.80. The van der Waals surface area contributed by atoms with Crippen molar-refractivity contribution in [2.24, 2.45) is 4.99 Å². The van der Waals surface area contributed by atoms with Crippen LogP contribution in [-0.2, 0) is 24.4 Å². The zero-order valence-corrected chi connectivity index (χ0v) is 15.9. The molecule has 1 heterocycles. The van der Waals surface area contributed by atoms with Gasteiger partial charge < -0.3 is 15.4 Å². The van der Waals surface area contributed by atoms with E-state index in [1.165, 1.54) is 6.07 Å². The first-order chi connectivity index (χ1) is 12.0. The predicted molar refractivity (Wildman–Crippen MR) is 100 cm³/mol. The van der Waals surface area contributed by atoms with Crippen LogP contribution in [0.3, 0.4) is 0 Å². The lowest BCUT2D eigenvalue weighted by Gasteiger charge is -2.12. The fourth-order valence-electron chi connectivity index (χ4n) is 2.24. The van der Waals surface area contributed by atoms with Gasteiger partial charge in [0.25, 0.3) is 0 Å². The number of nitrogens with zero attached hydrogens (tertiary/aromatic N) is 2. The van der Waals surface area contributed by atoms with Crippen molar-refractivity contribution in [2.45, 2.75) is 39.5 Å². The van der Waals surface area contributed by atoms with E-state index in [9.17, 15) is 4.39 Å². The van der Waals surface area contributed by atoms with Gasteiger partial charge in [-0.25, -0.2) is 9.37 Å². The van der Waals surface area contributed by atoms with E-state index in [4.69, 9.17) is 4.74 Å². The Morgan fingerprint density at radius 1 is 1.32 bits per heavy atom. The molecule has 0 aliphatic carbocycles. The average molecular weight is 364 g/mol. The molecular weight excluding hydrogens is 339 g/mol. The quantitative estimate of drug-likeness (QED) is 0.584. The topological polar surface area (TPSA) is 58.5 Å². The number of aromatic nitrogens is 1. The molecule has 136 valence electrons. The number of guanidine groups is 1. The molecule has 0 spiro atoms. The van der Waals surface area contributed by atoms with Crippen LogP contribution in [0, 0.1) is 5.82 Å². The van der Waals surface area contributed by atoms with Gasteiger partial charge >= 0.3 is 0 Å². The van der Waals surface area contributed by atoms with Crippen LogP contribution in [0.25, 0.3) is 0 Å². The Hall–Kier alpha value is -1.99. The van der Waals surface area contributed by atoms with Crippen LogP contribution in [-0.4, -0.2) is 25.1 Å². The Bertz CT molecular complexity index is 715. The molecule has 0 aliphatic rings. The Balaban J connectivity index is 1.88. The zero-order chi connectivity index (χ0) is 18.2. The molecule has 0 bridgehead atoms. The average Bonchev–Trinajstić information content (AvgIpc) is 3.07. The molecule has 0 saturated carbocycles. The number of rotatable bonds is 7. The first kappa shape index (κ1) is 19.3. The van der Waals surface area contributed by atoms with E-state index < -0.39 is 0 Å². The Morgan fingerprint density at radius 2 is 2.08 bits per heavy atom. The van der Waals surface area contributed by atoms with Crippen molar-refractivity contribution in [3.63, 3.8) is 0 Å². The first-order valence-electron chi connectivity index (χ1n) is 8.18. The monoisotopic (exact) mass is 364 g/mol. The molecule has 7 heteroatoms. The Kier molecular flexibility index (Phi) is 7.33. The van der Waals surface area contributed by atoms with E-state index in [1.54, 1.807) is 37.6 Å². The van der Waals surface area contributed by atoms with E-state index in [0.29, 0.717) is 30.5 Å². The summed E-state index contributed by atoms with van der Waals surface area (Å²) in [5, 5.41) is 9.59. The number of hydrogen-bond acceptors (Lipinski definition) is 4. The molecule has 0 saturated heterocycles. The second-order valence-electron chi connectivity index (χ2n) is 5.96. The van der Waals surface area contributed by atoms with Crippen molar-refractivity contribution in [1.29, 1.82) is 0 Å². The van der Waals surface area contributed by atoms with Crippen LogP contribution in [0.1, 0.15) is 41.6 Å². The van der Waals surface area contributed by atoms with Gasteiger partial charge in [0.2, 0.25) is 0 Å². The molecule has 0 unspecified atom stereocenters. The van der Waals surface area contributed by atoms with Crippen LogP contribution in [0.2, 0.25) is 0 Å². The molecule has 25 heavy (non-hydrogen) atoms. The number of hydrogen-bond donors (Lipinski definition) is 2. The highest BCUT2D eigenvalue weighted by molar-refractivity contribution is 7.09. The van der Waals surface area contributed by atoms with Gasteiger partial charge in [0.05, 0.1) is 18.8 Å². The van der Waals surface area contributed by atoms with Gasteiger partial charge in [-0.15, -0.1) is 11.3 Å². The lowest BCUT2D eigenvalue weighted by Crippen LogP contribution is -2.36. The van der Waals surface area contributed by atoms with E-state index >= 15 is 0 Å². The maximum Gasteiger partial charge on any atom is 0.191 e. The molecule has 0 radical (unpaired) electrons. The third-order valence-electron chi connectivity index (χ3n) is 3.66. The molecule has 0 aliphatic heterocycles. The van der Waals surface area contributed by atoms with Crippen molar-refractivity contribution in [1.82, 2.24) is 15.6 Å². The van der Waals surface area contributed by atoms with Crippen LogP contribution < -0.4 is 10.6 Å². The van der Waals surface area contributed by atoms with Gasteiger partial charge in [0, 0.05) is 31.6 Å². The molecule has 2 N–H and O–H groups in total. The number of aliphatic imine (C=N–C) groups is 1. The van der Waals surface area contributed by atoms with E-state index in [-0.39, 0.29) is 12.4 Å². The van der Waals surface area contributed by atoms with E-state index in [0.717, 1.165) is 16.3 Å². The van der Waals surface area contributed by atoms with Gasteiger partial charge in [0.1, 0.15) is 10.8 Å². The molecule has 1 aromatic carbocycles. The van der Waals surface area contributed by atoms with Crippen molar-refractivity contribution in [3.8, 4) is 0 Å². The lowest BCUT2D eigenvalue weighted by molar-refractivity contribution is 0.181. The lowest BCUT2D eigenvalue weighted by atomic mass is 10.1. The minimum absolute atomic E-state index is 0.252. The molecular formula is C18H25FN4OS. The second-order valence-corrected chi connectivity index (χ2v) is 6.90. The minimum atomic E-state index is -0.252. The molecule has 5 nitrogen and oxygen atoms in total. The fourth-order valence-corrected chi connectivity index (χ4v) is 3.14. The second kappa shape index (κ2) is 9.48. The summed E-state index contributed by atoms with van der Waals surface area (Å²) in [5.74, 6) is 0.860. The number of thiazole rings is 1. The summed E-state index contributed by atoms with van der Waals surface area (Å²) in [6.07, 6.45) is 0. The molecule has 0 atom stereocenters. The SMILES string of the molecule is CN=C(NCc1ccc(F)c(COC)c1)NCc1nc(C(C)C)cs1. The smallest absolute Gasteiger partial charge is 0.191 e. The predicted octanol–water partition coefficient (Wildman–Crippen LogP) is 3.42. The minimum Gasteiger partial charge on any atom is -0.380 e. The fraction of sp³-hybridized carbons (Fsp3) is 0.444. The van der Waals surface area contributed by atoms with Gasteiger partial charge in [-0.3, -0.25) is 4.99 Å². The van der Waals surface area contributed by atoms with E-state index in [2.05, 4.69) is 39.8 Å². The summed E-state index contributed by atoms with van der Waals surface area (Å²) in [6.45, 7) is 5.69. The van der Waals surface area contributed by atoms with Crippen LogP contribution in [0.5, 0.6) is 0 Å². The van der Waals surface area contributed by atoms with Crippen LogP contribution >= 0.6 is 11.3 Å². The highest BCUT2D eigenvalue weighted by Crippen LogP contribution is 2.17. The van der Waals surface area contributed by atoms with Gasteiger partial charge in [0.15, 0.2) is 5.96 Å². The van der Waals surface area contributed by atoms with Crippen molar-refractivity contribution in [2.75, 3.05) is 14.2 Å². The molecule has 2 aromatic rings. The van der Waals surface area contributed by atoms with Crippen molar-refractivity contribution >= 4 is 17.3 Å². The summed E-state index contributed by atoms with van der Waals surface area (Å²) in [7, 11) is 3.27. The van der Waals surface area contributed by atoms with Crippen molar-refractivity contribution < 1.29 is 9.13 Å². The molecule has 0 fully saturated rings. The standard InChI is InChI=1S/C18H25FN4OS/c1-12(2)16-11-25-17(23-16)9-22-18(20-3)21-8-13-5-6-15(19)14(7-13)10-24-4/h5-7,11-12H,8-10H2,1-4H3,(H2,20,21,22). The molecule has 2 rings (SSSR count). The van der Waals surface area contributed by atoms with E-state index in [1.807, 2.05) is 0 Å². The van der Waals surface area contributed by atoms with Crippen LogP contribution in [0.4, 0.5) is 4.39 Å². The molecule has 1 aromatic heterocycles. The summed E-state index contributed by atoms with van der Waals surface area (Å²) < 4.78 is 18.7. The summed E-state index contributed by atoms with van der Waals surface area (Å²) in [6, 6.07) is 5.02. The number of halogens is 1. The zero-order valence-electron chi connectivity index (χ0n) is 15.1. The van der Waals surface area contributed by atoms with Gasteiger partial charge in [-0.05, 0) is 23.6 Å². The van der Waals surface area contributed by atoms with Gasteiger partial charge in [-0.1, -0.05) is 19.9 Å². The van der Waals surface area contributed by atoms with Gasteiger partial charge in [-0.2, -0.15) is 0 Å². The number of methoxy groups -OCH3 is 1. The molecule has 0 amide bonds. The first-order valence-corrected chi connectivity index (χ1v) is 9.06. The summed E-state index contributed by atoms with van der Waals surface area (Å²) in [5.41, 5.74) is 2.63. The normalized spacial score (nSPS) is 11.8. The van der Waals surface area contributed by atoms with Crippen LogP contribution in [0.15, 0.2) is 28.6 Å².